The summed E-state index contributed by atoms with van der Waals surface area (Å²) >= 11 is 0. The molecule has 8 heteroatoms. The van der Waals surface area contributed by atoms with E-state index in [0.29, 0.717) is 23.2 Å². The molecule has 5 N–H and O–H groups in total. The van der Waals surface area contributed by atoms with Gasteiger partial charge in [0.1, 0.15) is 5.70 Å². The molecule has 0 spiro atoms. The molecule has 4 aromatic carbocycles. The van der Waals surface area contributed by atoms with Crippen molar-refractivity contribution in [3.8, 4) is 11.5 Å². The molecule has 8 nitrogen and oxygen atoms in total. The number of fused-ring (bicyclic) bond motifs is 10. The summed E-state index contributed by atoms with van der Waals surface area (Å²) in [6.07, 6.45) is 1.66. The predicted molar refractivity (Wildman–Crippen MR) is 148 cm³/mol. The van der Waals surface area contributed by atoms with E-state index in [4.69, 9.17) is 10.5 Å². The first-order valence-electron chi connectivity index (χ1n) is 12.1. The summed E-state index contributed by atoms with van der Waals surface area (Å²) in [5.41, 5.74) is 11.6. The fourth-order valence-electron chi connectivity index (χ4n) is 5.76. The molecule has 0 unspecified atom stereocenters. The Labute approximate surface area is 215 Å². The molecule has 0 saturated carbocycles. The number of hydrogen-bond donors (Lipinski definition) is 4. The van der Waals surface area contributed by atoms with Gasteiger partial charge in [-0.2, -0.15) is 0 Å². The molecule has 1 aliphatic heterocycles. The highest BCUT2D eigenvalue weighted by molar-refractivity contribution is 6.33. The van der Waals surface area contributed by atoms with Gasteiger partial charge < -0.3 is 30.4 Å². The molecule has 0 fully saturated rings. The number of aromatic amines is 1. The lowest BCUT2D eigenvalue weighted by Gasteiger charge is -2.12. The number of amides is 2. The maximum Gasteiger partial charge on any atom is 0.265 e. The molecule has 38 heavy (non-hydrogen) atoms. The first-order chi connectivity index (χ1) is 18.5. The minimum Gasteiger partial charge on any atom is -0.504 e. The second-order valence-corrected chi connectivity index (χ2v) is 9.36. The van der Waals surface area contributed by atoms with Crippen molar-refractivity contribution >= 4 is 67.2 Å². The highest BCUT2D eigenvalue weighted by atomic mass is 16.5. The monoisotopic (exact) mass is 502 g/mol. The lowest BCUT2D eigenvalue weighted by Crippen LogP contribution is -2.17. The number of carbonyl (C=O) groups excluding carboxylic acids is 2. The van der Waals surface area contributed by atoms with E-state index < -0.39 is 5.91 Å². The molecule has 7 rings (SSSR count). The van der Waals surface area contributed by atoms with Gasteiger partial charge in [-0.15, -0.1) is 0 Å². The second kappa shape index (κ2) is 7.88. The van der Waals surface area contributed by atoms with Crippen molar-refractivity contribution in [1.29, 1.82) is 0 Å². The summed E-state index contributed by atoms with van der Waals surface area (Å²) in [5.74, 6) is -0.525. The molecule has 0 aliphatic carbocycles. The van der Waals surface area contributed by atoms with Crippen molar-refractivity contribution in [3.63, 3.8) is 0 Å². The molecular formula is C30H22N4O4. The number of nitrogens with zero attached hydrogens (tertiary/aromatic N) is 1. The van der Waals surface area contributed by atoms with Gasteiger partial charge in [0.15, 0.2) is 11.5 Å². The Morgan fingerprint density at radius 3 is 2.61 bits per heavy atom. The third-order valence-corrected chi connectivity index (χ3v) is 7.32. The Balaban J connectivity index is 1.70. The molecule has 3 heterocycles. The molecule has 2 aromatic heterocycles. The van der Waals surface area contributed by atoms with Gasteiger partial charge in [0.05, 0.1) is 29.2 Å². The van der Waals surface area contributed by atoms with E-state index in [1.54, 1.807) is 18.2 Å². The quantitative estimate of drug-likeness (QED) is 0.257. The Kier molecular flexibility index (Phi) is 4.56. The van der Waals surface area contributed by atoms with E-state index in [0.717, 1.165) is 43.7 Å². The van der Waals surface area contributed by atoms with Crippen LogP contribution in [-0.2, 0) is 11.3 Å². The number of H-pyrrole nitrogens is 1. The number of para-hydroxylation sites is 2. The molecule has 2 amide bonds. The Morgan fingerprint density at radius 2 is 1.82 bits per heavy atom. The van der Waals surface area contributed by atoms with Crippen molar-refractivity contribution < 1.29 is 19.4 Å². The van der Waals surface area contributed by atoms with E-state index >= 15 is 0 Å². The Morgan fingerprint density at radius 1 is 1.05 bits per heavy atom. The number of aromatic nitrogens is 2. The second-order valence-electron chi connectivity index (χ2n) is 9.36. The van der Waals surface area contributed by atoms with E-state index in [1.165, 1.54) is 13.2 Å². The van der Waals surface area contributed by atoms with Gasteiger partial charge in [0, 0.05) is 33.6 Å². The van der Waals surface area contributed by atoms with E-state index in [2.05, 4.69) is 10.3 Å². The fourth-order valence-corrected chi connectivity index (χ4v) is 5.76. The van der Waals surface area contributed by atoms with Crippen LogP contribution in [0.1, 0.15) is 21.5 Å². The molecule has 6 aromatic rings. The number of nitrogens with one attached hydrogen (secondary N) is 2. The average Bonchev–Trinajstić information content (AvgIpc) is 3.59. The van der Waals surface area contributed by atoms with Crippen LogP contribution >= 0.6 is 0 Å². The average molecular weight is 503 g/mol. The van der Waals surface area contributed by atoms with Gasteiger partial charge in [-0.25, -0.2) is 0 Å². The van der Waals surface area contributed by atoms with Gasteiger partial charge in [-0.1, -0.05) is 42.5 Å². The third kappa shape index (κ3) is 2.91. The fraction of sp³-hybridized carbons (Fsp3) is 0.0667. The number of phenolic OH excluding ortho intramolecular Hbond substituents is 1. The van der Waals surface area contributed by atoms with Crippen LogP contribution in [0.3, 0.4) is 0 Å². The molecule has 1 aliphatic rings. The van der Waals surface area contributed by atoms with Crippen LogP contribution in [0.4, 0.5) is 0 Å². The molecule has 0 saturated heterocycles. The van der Waals surface area contributed by atoms with Crippen molar-refractivity contribution in [1.82, 2.24) is 14.9 Å². The first-order valence-corrected chi connectivity index (χ1v) is 12.1. The van der Waals surface area contributed by atoms with Gasteiger partial charge in [0.25, 0.3) is 11.8 Å². The van der Waals surface area contributed by atoms with Crippen molar-refractivity contribution in [3.05, 3.63) is 83.4 Å². The maximum absolute atomic E-state index is 13.3. The summed E-state index contributed by atoms with van der Waals surface area (Å²) in [5, 5.41) is 16.6. The van der Waals surface area contributed by atoms with Gasteiger partial charge in [-0.3, -0.25) is 9.59 Å². The minimum atomic E-state index is -0.645. The Hall–Kier alpha value is -5.24. The van der Waals surface area contributed by atoms with Crippen LogP contribution < -0.4 is 15.8 Å². The van der Waals surface area contributed by atoms with Crippen molar-refractivity contribution in [2.45, 2.75) is 6.54 Å². The number of primary amides is 1. The first kappa shape index (κ1) is 22.0. The zero-order valence-electron chi connectivity index (χ0n) is 20.3. The van der Waals surface area contributed by atoms with Crippen LogP contribution in [-0.4, -0.2) is 33.6 Å². The Bertz CT molecular complexity index is 2030. The number of phenols is 1. The lowest BCUT2D eigenvalue weighted by atomic mass is 9.97. The topological polar surface area (TPSA) is 122 Å². The largest absolute Gasteiger partial charge is 0.504 e. The minimum absolute atomic E-state index is 0.0106. The van der Waals surface area contributed by atoms with Gasteiger partial charge >= 0.3 is 0 Å². The summed E-state index contributed by atoms with van der Waals surface area (Å²) in [6.45, 7) is 0.424. The summed E-state index contributed by atoms with van der Waals surface area (Å²) in [4.78, 5) is 29.9. The number of carbonyl (C=O) groups is 2. The van der Waals surface area contributed by atoms with Gasteiger partial charge in [-0.05, 0) is 41.5 Å². The number of rotatable bonds is 4. The maximum atomic E-state index is 13.3. The summed E-state index contributed by atoms with van der Waals surface area (Å²) < 4.78 is 7.09. The summed E-state index contributed by atoms with van der Waals surface area (Å²) in [7, 11) is 1.46. The number of nitrogens with two attached hydrogens (primary N) is 1. The number of aromatic hydroxyl groups is 1. The van der Waals surface area contributed by atoms with Crippen LogP contribution in [0, 0.1) is 0 Å². The number of methoxy groups -OCH3 is 1. The molecular weight excluding hydrogens is 480 g/mol. The van der Waals surface area contributed by atoms with Crippen LogP contribution in [0.2, 0.25) is 0 Å². The SMILES string of the molecule is COc1cc(/C=C(/C(N)=O)n2c3ccccc3c3c4c(c5c6ccccc6[nH]c5c32)CNC4=O)ccc1O. The highest BCUT2D eigenvalue weighted by Gasteiger charge is 2.31. The molecule has 0 atom stereocenters. The third-order valence-electron chi connectivity index (χ3n) is 7.32. The zero-order valence-corrected chi connectivity index (χ0v) is 20.3. The standard InChI is InChI=1S/C30H22N4O4/c1-38-23-13-15(10-11-22(23)35)12-21(29(31)36)34-20-9-5-3-7-17(20)25-26-18(14-32-30(26)37)24-16-6-2-4-8-19(16)33-27(24)28(25)34/h2-13,33,35H,14H2,1H3,(H2,31,36)(H,32,37)/b21-12-. The molecule has 0 bridgehead atoms. The molecule has 186 valence electrons. The number of hydrogen-bond acceptors (Lipinski definition) is 4. The lowest BCUT2D eigenvalue weighted by molar-refractivity contribution is -0.113. The predicted octanol–water partition coefficient (Wildman–Crippen LogP) is 4.87. The van der Waals surface area contributed by atoms with E-state index in [1.807, 2.05) is 53.1 Å². The summed E-state index contributed by atoms with van der Waals surface area (Å²) in [6, 6.07) is 20.5. The van der Waals surface area contributed by atoms with E-state index in [-0.39, 0.29) is 23.1 Å². The van der Waals surface area contributed by atoms with Crippen molar-refractivity contribution in [2.24, 2.45) is 5.73 Å². The van der Waals surface area contributed by atoms with Gasteiger partial charge in [0.2, 0.25) is 0 Å². The molecule has 0 radical (unpaired) electrons. The van der Waals surface area contributed by atoms with Crippen LogP contribution in [0.5, 0.6) is 11.5 Å². The van der Waals surface area contributed by atoms with E-state index in [9.17, 15) is 14.7 Å². The number of benzene rings is 4. The van der Waals surface area contributed by atoms with Crippen LogP contribution in [0.25, 0.3) is 55.4 Å². The number of ether oxygens (including phenoxy) is 1. The normalized spacial score (nSPS) is 13.5. The smallest absolute Gasteiger partial charge is 0.265 e. The highest BCUT2D eigenvalue weighted by Crippen LogP contribution is 2.44. The van der Waals surface area contributed by atoms with Crippen LogP contribution in [0.15, 0.2) is 66.7 Å². The zero-order chi connectivity index (χ0) is 26.1. The van der Waals surface area contributed by atoms with Crippen molar-refractivity contribution in [2.75, 3.05) is 7.11 Å².